The number of phenols is 5. The zero-order valence-electron chi connectivity index (χ0n) is 39.8. The van der Waals surface area contributed by atoms with Crippen molar-refractivity contribution in [2.45, 2.75) is 92.1 Å². The lowest BCUT2D eigenvalue weighted by atomic mass is 9.97. The van der Waals surface area contributed by atoms with Gasteiger partial charge in [-0.2, -0.15) is 0 Å². The quantitative estimate of drug-likeness (QED) is 0.0389. The van der Waals surface area contributed by atoms with Gasteiger partial charge in [0.1, 0.15) is 90.3 Å². The maximum absolute atomic E-state index is 13.3. The van der Waals surface area contributed by atoms with Crippen LogP contribution in [0.5, 0.6) is 46.0 Å². The highest BCUT2D eigenvalue weighted by atomic mass is 16.8. The molecule has 3 saturated heterocycles. The maximum Gasteiger partial charge on any atom is 0.331 e. The lowest BCUT2D eigenvalue weighted by Gasteiger charge is -2.45. The molecule has 0 spiro atoms. The average Bonchev–Trinajstić information content (AvgIpc) is 3.41. The summed E-state index contributed by atoms with van der Waals surface area (Å²) in [4.78, 5) is 26.2. The van der Waals surface area contributed by atoms with E-state index in [2.05, 4.69) is 0 Å². The van der Waals surface area contributed by atoms with Gasteiger partial charge in [-0.3, -0.25) is 0 Å². The van der Waals surface area contributed by atoms with Crippen LogP contribution in [0, 0.1) is 0 Å². The molecule has 0 saturated carbocycles. The van der Waals surface area contributed by atoms with Gasteiger partial charge in [0.05, 0.1) is 25.9 Å². The van der Waals surface area contributed by atoms with Gasteiger partial charge < -0.3 is 114 Å². The third-order valence-corrected chi connectivity index (χ3v) is 12.5. The van der Waals surface area contributed by atoms with Crippen molar-refractivity contribution < 1.29 is 123 Å². The van der Waals surface area contributed by atoms with E-state index in [1.807, 2.05) is 0 Å². The molecular formula is C51H54O25. The van der Waals surface area contributed by atoms with Crippen LogP contribution in [-0.4, -0.2) is 191 Å². The van der Waals surface area contributed by atoms with E-state index in [1.165, 1.54) is 73.9 Å². The number of hydrogen-bond donors (Lipinski definition) is 13. The van der Waals surface area contributed by atoms with Crippen LogP contribution >= 0.6 is 0 Å². The molecule has 0 unspecified atom stereocenters. The van der Waals surface area contributed by atoms with Gasteiger partial charge in [-0.1, -0.05) is 24.3 Å². The summed E-state index contributed by atoms with van der Waals surface area (Å²) in [5.74, 6) is -4.60. The second kappa shape index (κ2) is 23.8. The summed E-state index contributed by atoms with van der Waals surface area (Å²) in [6, 6.07) is 15.7. The number of aliphatic hydroxyl groups is 8. The molecule has 4 aliphatic rings. The van der Waals surface area contributed by atoms with E-state index in [-0.39, 0.29) is 45.6 Å². The number of hydrogen-bond acceptors (Lipinski definition) is 25. The van der Waals surface area contributed by atoms with Crippen molar-refractivity contribution in [3.8, 4) is 46.0 Å². The predicted molar refractivity (Wildman–Crippen MR) is 254 cm³/mol. The second-order valence-electron chi connectivity index (χ2n) is 17.7. The maximum atomic E-state index is 13.3. The molecular weight excluding hydrogens is 1010 g/mol. The van der Waals surface area contributed by atoms with Crippen molar-refractivity contribution in [1.82, 2.24) is 0 Å². The third-order valence-electron chi connectivity index (χ3n) is 12.5. The molecule has 0 radical (unpaired) electrons. The Morgan fingerprint density at radius 2 is 1.32 bits per heavy atom. The third kappa shape index (κ3) is 12.4. The average molecular weight is 1070 g/mol. The highest BCUT2D eigenvalue weighted by Crippen LogP contribution is 2.47. The van der Waals surface area contributed by atoms with Crippen molar-refractivity contribution in [2.24, 2.45) is 0 Å². The highest BCUT2D eigenvalue weighted by molar-refractivity contribution is 5.88. The summed E-state index contributed by atoms with van der Waals surface area (Å²) in [7, 11) is 1.32. The normalized spacial score (nSPS) is 30.4. The molecule has 76 heavy (non-hydrogen) atoms. The Morgan fingerprint density at radius 3 is 2.04 bits per heavy atom. The zero-order chi connectivity index (χ0) is 54.5. The predicted octanol–water partition coefficient (Wildman–Crippen LogP) is -0.315. The van der Waals surface area contributed by atoms with E-state index < -0.39 is 141 Å². The molecule has 0 aromatic heterocycles. The van der Waals surface area contributed by atoms with Crippen LogP contribution in [0.15, 0.2) is 90.7 Å². The molecule has 4 aliphatic heterocycles. The number of methoxy groups -OCH3 is 1. The zero-order valence-corrected chi connectivity index (χ0v) is 39.8. The fraction of sp³-hybridized carbons (Fsp3) is 0.373. The van der Waals surface area contributed by atoms with Crippen LogP contribution in [0.4, 0.5) is 0 Å². The van der Waals surface area contributed by atoms with Crippen molar-refractivity contribution in [3.63, 3.8) is 0 Å². The first-order chi connectivity index (χ1) is 36.3. The number of carbonyl (C=O) groups is 2. The fourth-order valence-electron chi connectivity index (χ4n) is 8.33. The summed E-state index contributed by atoms with van der Waals surface area (Å²) in [5.41, 5.74) is 0.859. The minimum Gasteiger partial charge on any atom is -0.508 e. The Hall–Kier alpha value is -7.24. The van der Waals surface area contributed by atoms with Gasteiger partial charge in [0, 0.05) is 29.8 Å². The van der Waals surface area contributed by atoms with E-state index in [1.54, 1.807) is 0 Å². The van der Waals surface area contributed by atoms with Gasteiger partial charge in [0.15, 0.2) is 47.6 Å². The van der Waals surface area contributed by atoms with Crippen molar-refractivity contribution >= 4 is 30.2 Å². The van der Waals surface area contributed by atoms with Crippen LogP contribution in [-0.2, 0) is 42.7 Å². The number of phenolic OH excluding ortho intramolecular Hbond substituents is 5. The van der Waals surface area contributed by atoms with Gasteiger partial charge in [0.2, 0.25) is 12.6 Å². The minimum atomic E-state index is -2.10. The highest BCUT2D eigenvalue weighted by Gasteiger charge is 2.52. The number of aromatic hydroxyl groups is 5. The molecule has 25 heteroatoms. The van der Waals surface area contributed by atoms with Crippen molar-refractivity contribution in [3.05, 3.63) is 113 Å². The summed E-state index contributed by atoms with van der Waals surface area (Å²) < 4.78 is 58.3. The second-order valence-corrected chi connectivity index (χ2v) is 17.7. The smallest absolute Gasteiger partial charge is 0.331 e. The topological polar surface area (TPSA) is 389 Å². The minimum absolute atomic E-state index is 0.0182. The van der Waals surface area contributed by atoms with E-state index in [9.17, 15) is 76.0 Å². The Labute approximate surface area is 430 Å². The Morgan fingerprint density at radius 1 is 0.632 bits per heavy atom. The number of aliphatic hydroxyl groups excluding tert-OH is 8. The van der Waals surface area contributed by atoms with Crippen LogP contribution in [0.3, 0.4) is 0 Å². The largest absolute Gasteiger partial charge is 0.508 e. The monoisotopic (exact) mass is 1070 g/mol. The fourth-order valence-corrected chi connectivity index (χ4v) is 8.33. The lowest BCUT2D eigenvalue weighted by molar-refractivity contribution is -0.353. The molecule has 4 aromatic rings. The Kier molecular flexibility index (Phi) is 17.2. The molecule has 0 aliphatic carbocycles. The molecule has 25 nitrogen and oxygen atoms in total. The number of carbonyl (C=O) groups excluding carboxylic acids is 2. The molecule has 4 aromatic carbocycles. The van der Waals surface area contributed by atoms with Gasteiger partial charge in [-0.25, -0.2) is 9.59 Å². The molecule has 15 atom stereocenters. The van der Waals surface area contributed by atoms with Gasteiger partial charge >= 0.3 is 11.9 Å². The Balaban J connectivity index is 1.14. The Bertz CT molecular complexity index is 2780. The number of ether oxygens (including phenoxy) is 10. The van der Waals surface area contributed by atoms with Crippen LogP contribution in [0.1, 0.15) is 28.4 Å². The summed E-state index contributed by atoms with van der Waals surface area (Å²) in [6.45, 7) is -2.18. The van der Waals surface area contributed by atoms with Crippen LogP contribution < -0.4 is 14.2 Å². The SMILES string of the molecule is COc1cc(C=CC(=O)O[C@H]2[C@H](O[C@H]3[C@H](OC4=Cc5c(O[C@@H]6O[C@H](CO)[C@@H](O)[C@H](O)[C@H]6O)cc(O)cc5O[C@@H]4c4ccc(O)c(O)c4)O[C@H](COC(=O)C=Cc4ccc(O)cc4)[C@@H](O)[C@@H]3O)OC[C@@H](O)[C@@H]2O)ccc1O. The van der Waals surface area contributed by atoms with E-state index in [0.717, 1.165) is 36.4 Å². The first-order valence-corrected chi connectivity index (χ1v) is 23.3. The van der Waals surface area contributed by atoms with E-state index in [0.29, 0.717) is 11.1 Å². The van der Waals surface area contributed by atoms with Gasteiger partial charge in [0.25, 0.3) is 0 Å². The number of esters is 2. The van der Waals surface area contributed by atoms with E-state index in [4.69, 9.17) is 47.4 Å². The summed E-state index contributed by atoms with van der Waals surface area (Å²) in [5, 5.41) is 138. The number of rotatable bonds is 16. The van der Waals surface area contributed by atoms with Crippen molar-refractivity contribution in [2.75, 3.05) is 26.9 Å². The first-order valence-electron chi connectivity index (χ1n) is 23.3. The van der Waals surface area contributed by atoms with Gasteiger partial charge in [-0.05, 0) is 65.8 Å². The standard InChI is InChI=1S/C51H54O25/c1-67-34-14-23(4-10-29(34)56)6-13-39(60)75-47-40(61)31(58)20-69-50(47)76-48-44(65)42(63)37(21-68-38(59)12-5-22-2-8-25(53)9-3-22)74-51(48)72-35-18-27-32(70-46(35)24-7-11-28(55)30(57)15-24)16-26(54)17-33(27)71-49-45(66)43(64)41(62)36(19-52)73-49/h2-18,31,36-37,40-58,61-66H,19-21H2,1H3/t31-,36-,37-,40+,41-,42-,43+,44+,45-,46-,47-,48-,49-,50+,51-/m1/s1. The summed E-state index contributed by atoms with van der Waals surface area (Å²) in [6.07, 6.45) is -21.3. The lowest BCUT2D eigenvalue weighted by Crippen LogP contribution is -2.63. The van der Waals surface area contributed by atoms with Crippen LogP contribution in [0.25, 0.3) is 18.2 Å². The van der Waals surface area contributed by atoms with Crippen molar-refractivity contribution in [1.29, 1.82) is 0 Å². The molecule has 408 valence electrons. The number of benzene rings is 4. The first kappa shape index (κ1) is 55.0. The summed E-state index contributed by atoms with van der Waals surface area (Å²) >= 11 is 0. The van der Waals surface area contributed by atoms with Crippen LogP contribution in [0.2, 0.25) is 0 Å². The molecule has 8 rings (SSSR count). The molecule has 0 amide bonds. The van der Waals surface area contributed by atoms with E-state index >= 15 is 0 Å². The molecule has 4 heterocycles. The molecule has 3 fully saturated rings. The van der Waals surface area contributed by atoms with Gasteiger partial charge in [-0.15, -0.1) is 0 Å². The molecule has 0 bridgehead atoms. The number of fused-ring (bicyclic) bond motifs is 1. The molecule has 13 N–H and O–H groups in total.